The predicted molar refractivity (Wildman–Crippen MR) is 39.4 cm³/mol. The van der Waals surface area contributed by atoms with Crippen LogP contribution in [0.3, 0.4) is 0 Å². The molecule has 1 unspecified atom stereocenters. The van der Waals surface area contributed by atoms with Gasteiger partial charge in [0.15, 0.2) is 0 Å². The van der Waals surface area contributed by atoms with Gasteiger partial charge in [0.2, 0.25) is 6.29 Å². The summed E-state index contributed by atoms with van der Waals surface area (Å²) in [6.45, 7) is 10.5. The Balaban J connectivity index is 2.53. The number of ether oxygens (including phenoxy) is 2. The van der Waals surface area contributed by atoms with Gasteiger partial charge in [-0.3, -0.25) is 0 Å². The molecule has 1 heterocycles. The molecule has 1 saturated heterocycles. The first-order valence-corrected chi connectivity index (χ1v) is 3.46. The maximum absolute atomic E-state index is 5.31. The second kappa shape index (κ2) is 2.27. The molecule has 0 aromatic heterocycles. The van der Waals surface area contributed by atoms with Crippen LogP contribution in [0.1, 0.15) is 20.8 Å². The molecule has 0 amide bonds. The maximum atomic E-state index is 5.31. The van der Waals surface area contributed by atoms with Gasteiger partial charge in [0, 0.05) is 5.41 Å². The smallest absolute Gasteiger partial charge is 0.204 e. The van der Waals surface area contributed by atoms with Gasteiger partial charge in [-0.05, 0) is 0 Å². The molecule has 0 aliphatic carbocycles. The first-order valence-electron chi connectivity index (χ1n) is 3.46. The highest BCUT2D eigenvalue weighted by Crippen LogP contribution is 2.29. The summed E-state index contributed by atoms with van der Waals surface area (Å²) in [4.78, 5) is 0. The van der Waals surface area contributed by atoms with Gasteiger partial charge in [-0.15, -0.1) is 0 Å². The zero-order valence-electron chi connectivity index (χ0n) is 6.81. The summed E-state index contributed by atoms with van der Waals surface area (Å²) in [5.74, 6) is 0.736. The van der Waals surface area contributed by atoms with Gasteiger partial charge in [-0.2, -0.15) is 0 Å². The molecule has 0 N–H and O–H groups in total. The van der Waals surface area contributed by atoms with Gasteiger partial charge in [-0.25, -0.2) is 0 Å². The van der Waals surface area contributed by atoms with Crippen molar-refractivity contribution in [2.45, 2.75) is 27.1 Å². The van der Waals surface area contributed by atoms with Gasteiger partial charge in [-0.1, -0.05) is 27.4 Å². The van der Waals surface area contributed by atoms with Crippen molar-refractivity contribution in [3.05, 3.63) is 12.3 Å². The lowest BCUT2D eigenvalue weighted by Crippen LogP contribution is -2.26. The van der Waals surface area contributed by atoms with E-state index in [2.05, 4.69) is 27.4 Å². The third kappa shape index (κ3) is 1.51. The average Bonchev–Trinajstić information content (AvgIpc) is 2.11. The molecule has 1 atom stereocenters. The van der Waals surface area contributed by atoms with Gasteiger partial charge in [0.05, 0.1) is 0 Å². The standard InChI is InChI=1S/C8H14O2/c1-6-5-9-7(10-6)8(2,3)4/h7H,1,5H2,2-4H3. The Kier molecular flexibility index (Phi) is 1.73. The Bertz CT molecular complexity index is 144. The fourth-order valence-electron chi connectivity index (χ4n) is 0.815. The lowest BCUT2D eigenvalue weighted by atomic mass is 9.96. The molecule has 0 bridgehead atoms. The van der Waals surface area contributed by atoms with Crippen molar-refractivity contribution in [3.63, 3.8) is 0 Å². The Morgan fingerprint density at radius 1 is 1.50 bits per heavy atom. The molecule has 1 aliphatic rings. The molecule has 2 nitrogen and oxygen atoms in total. The third-order valence-electron chi connectivity index (χ3n) is 1.38. The van der Waals surface area contributed by atoms with Crippen LogP contribution >= 0.6 is 0 Å². The van der Waals surface area contributed by atoms with Gasteiger partial charge < -0.3 is 9.47 Å². The van der Waals surface area contributed by atoms with Crippen molar-refractivity contribution >= 4 is 0 Å². The number of hydrogen-bond acceptors (Lipinski definition) is 2. The Hall–Kier alpha value is -0.500. The fraction of sp³-hybridized carbons (Fsp3) is 0.750. The SMILES string of the molecule is C=C1COC(C(C)(C)C)O1. The second-order valence-electron chi connectivity index (χ2n) is 3.67. The van der Waals surface area contributed by atoms with E-state index < -0.39 is 0 Å². The molecule has 0 saturated carbocycles. The third-order valence-corrected chi connectivity index (χ3v) is 1.38. The first kappa shape index (κ1) is 7.61. The highest BCUT2D eigenvalue weighted by molar-refractivity contribution is 4.89. The second-order valence-corrected chi connectivity index (χ2v) is 3.67. The zero-order valence-corrected chi connectivity index (χ0v) is 6.81. The zero-order chi connectivity index (χ0) is 7.78. The molecular formula is C8H14O2. The van der Waals surface area contributed by atoms with Crippen LogP contribution in [0.5, 0.6) is 0 Å². The molecule has 1 rings (SSSR count). The summed E-state index contributed by atoms with van der Waals surface area (Å²) < 4.78 is 10.6. The minimum Gasteiger partial charge on any atom is -0.467 e. The number of hydrogen-bond donors (Lipinski definition) is 0. The first-order chi connectivity index (χ1) is 4.50. The van der Waals surface area contributed by atoms with Gasteiger partial charge in [0.25, 0.3) is 0 Å². The van der Waals surface area contributed by atoms with E-state index in [-0.39, 0.29) is 11.7 Å². The predicted octanol–water partition coefficient (Wildman–Crippen LogP) is 1.92. The normalized spacial score (nSPS) is 26.7. The van der Waals surface area contributed by atoms with Crippen molar-refractivity contribution in [2.75, 3.05) is 6.61 Å². The summed E-state index contributed by atoms with van der Waals surface area (Å²) in [5.41, 5.74) is 0.0550. The fourth-order valence-corrected chi connectivity index (χ4v) is 0.815. The van der Waals surface area contributed by atoms with Crippen molar-refractivity contribution in [1.82, 2.24) is 0 Å². The lowest BCUT2D eigenvalue weighted by Gasteiger charge is -2.24. The van der Waals surface area contributed by atoms with Crippen LogP contribution in [0.4, 0.5) is 0 Å². The average molecular weight is 142 g/mol. The molecule has 2 heteroatoms. The van der Waals surface area contributed by atoms with Crippen LogP contribution in [0, 0.1) is 5.41 Å². The van der Waals surface area contributed by atoms with E-state index in [0.29, 0.717) is 6.61 Å². The molecular weight excluding hydrogens is 128 g/mol. The molecule has 1 aliphatic heterocycles. The van der Waals surface area contributed by atoms with E-state index in [1.807, 2.05) is 0 Å². The van der Waals surface area contributed by atoms with Crippen molar-refractivity contribution < 1.29 is 9.47 Å². The van der Waals surface area contributed by atoms with Crippen molar-refractivity contribution in [3.8, 4) is 0 Å². The monoisotopic (exact) mass is 142 g/mol. The highest BCUT2D eigenvalue weighted by atomic mass is 16.7. The van der Waals surface area contributed by atoms with E-state index in [4.69, 9.17) is 9.47 Å². The maximum Gasteiger partial charge on any atom is 0.204 e. The Morgan fingerprint density at radius 3 is 2.30 bits per heavy atom. The molecule has 10 heavy (non-hydrogen) atoms. The molecule has 0 spiro atoms. The summed E-state index contributed by atoms with van der Waals surface area (Å²) in [6.07, 6.45) is -0.111. The van der Waals surface area contributed by atoms with E-state index >= 15 is 0 Å². The van der Waals surface area contributed by atoms with Gasteiger partial charge in [0.1, 0.15) is 12.4 Å². The molecule has 0 radical (unpaired) electrons. The van der Waals surface area contributed by atoms with Crippen molar-refractivity contribution in [2.24, 2.45) is 5.41 Å². The van der Waals surface area contributed by atoms with Crippen LogP contribution < -0.4 is 0 Å². The van der Waals surface area contributed by atoms with Crippen molar-refractivity contribution in [1.29, 1.82) is 0 Å². The van der Waals surface area contributed by atoms with Crippen LogP contribution in [0.25, 0.3) is 0 Å². The largest absolute Gasteiger partial charge is 0.467 e. The van der Waals surface area contributed by atoms with E-state index in [9.17, 15) is 0 Å². The summed E-state index contributed by atoms with van der Waals surface area (Å²) in [6, 6.07) is 0. The van der Waals surface area contributed by atoms with Crippen LogP contribution in [0.2, 0.25) is 0 Å². The molecule has 58 valence electrons. The lowest BCUT2D eigenvalue weighted by molar-refractivity contribution is -0.104. The van der Waals surface area contributed by atoms with Crippen LogP contribution in [0.15, 0.2) is 12.3 Å². The van der Waals surface area contributed by atoms with Crippen LogP contribution in [-0.4, -0.2) is 12.9 Å². The highest BCUT2D eigenvalue weighted by Gasteiger charge is 2.31. The minimum atomic E-state index is -0.111. The van der Waals surface area contributed by atoms with Gasteiger partial charge >= 0.3 is 0 Å². The van der Waals surface area contributed by atoms with E-state index in [1.165, 1.54) is 0 Å². The summed E-state index contributed by atoms with van der Waals surface area (Å²) >= 11 is 0. The molecule has 0 aromatic rings. The van der Waals surface area contributed by atoms with E-state index in [0.717, 1.165) is 5.76 Å². The Morgan fingerprint density at radius 2 is 2.10 bits per heavy atom. The van der Waals surface area contributed by atoms with Crippen LogP contribution in [-0.2, 0) is 9.47 Å². The Labute approximate surface area is 61.8 Å². The quantitative estimate of drug-likeness (QED) is 0.514. The van der Waals surface area contributed by atoms with E-state index in [1.54, 1.807) is 0 Å². The number of rotatable bonds is 0. The summed E-state index contributed by atoms with van der Waals surface area (Å²) in [5, 5.41) is 0. The molecule has 0 aromatic carbocycles. The summed E-state index contributed by atoms with van der Waals surface area (Å²) in [7, 11) is 0. The topological polar surface area (TPSA) is 18.5 Å². The molecule has 1 fully saturated rings. The minimum absolute atomic E-state index is 0.0550.